The summed E-state index contributed by atoms with van der Waals surface area (Å²) in [6, 6.07) is 0.538. The van der Waals surface area contributed by atoms with E-state index in [1.165, 1.54) is 6.92 Å². The van der Waals surface area contributed by atoms with E-state index < -0.39 is 27.0 Å². The number of rotatable bonds is 17. The molecule has 0 spiro atoms. The highest BCUT2D eigenvalue weighted by atomic mass is 28.4. The average molecular weight is 460 g/mol. The molecule has 1 N–H and O–H groups in total. The predicted octanol–water partition coefficient (Wildman–Crippen LogP) is 3.17. The maximum Gasteiger partial charge on any atom is 0.500 e. The highest BCUT2D eigenvalue weighted by Crippen LogP contribution is 2.18. The molecule has 31 heavy (non-hydrogen) atoms. The summed E-state index contributed by atoms with van der Waals surface area (Å²) in [5, 5.41) is 2.63. The average Bonchev–Trinajstić information content (AvgIpc) is 2.69. The number of hydrogen-bond donors (Lipinski definition) is 1. The Hall–Kier alpha value is -2.01. The highest BCUT2D eigenvalue weighted by Gasteiger charge is 2.39. The number of Topliss-reactive ketones (excluding diaryl/α,β-unsaturated/α-hetero) is 1. The summed E-state index contributed by atoms with van der Waals surface area (Å²) in [5.74, 6) is -0.911. The summed E-state index contributed by atoms with van der Waals surface area (Å²) in [7, 11) is -2.78. The quantitative estimate of drug-likeness (QED) is 0.153. The highest BCUT2D eigenvalue weighted by molar-refractivity contribution is 6.60. The zero-order chi connectivity index (χ0) is 23.9. The van der Waals surface area contributed by atoms with Crippen molar-refractivity contribution in [3.05, 3.63) is 24.3 Å². The van der Waals surface area contributed by atoms with Crippen LogP contribution in [0.3, 0.4) is 0 Å². The standard InChI is InChI=1S/C21H37NO8Si/c1-8-27-31(28-9-2,29-10-3)13-11-12-22-21(25)30-18(14-19(23)16(4)5)15-26-20(24)17(6)7/h18H,4,6,8-15H2,1-3,5,7H3,(H,22,25). The number of ketones is 1. The van der Waals surface area contributed by atoms with E-state index in [0.717, 1.165) is 0 Å². The molecule has 0 aromatic carbocycles. The van der Waals surface area contributed by atoms with Crippen LogP contribution in [-0.2, 0) is 32.3 Å². The second-order valence-electron chi connectivity index (χ2n) is 6.83. The van der Waals surface area contributed by atoms with Gasteiger partial charge in [0.15, 0.2) is 5.78 Å². The number of esters is 1. The van der Waals surface area contributed by atoms with Gasteiger partial charge in [0.25, 0.3) is 0 Å². The molecule has 1 atom stereocenters. The molecule has 1 unspecified atom stereocenters. The molecule has 0 fully saturated rings. The van der Waals surface area contributed by atoms with Crippen LogP contribution < -0.4 is 5.32 Å². The normalized spacial score (nSPS) is 12.0. The fourth-order valence-corrected chi connectivity index (χ4v) is 5.11. The van der Waals surface area contributed by atoms with E-state index >= 15 is 0 Å². The van der Waals surface area contributed by atoms with E-state index in [0.29, 0.717) is 44.4 Å². The van der Waals surface area contributed by atoms with Gasteiger partial charge in [-0.3, -0.25) is 4.79 Å². The van der Waals surface area contributed by atoms with E-state index in [9.17, 15) is 14.4 Å². The van der Waals surface area contributed by atoms with Gasteiger partial charge in [0.1, 0.15) is 12.7 Å². The molecule has 10 heteroatoms. The van der Waals surface area contributed by atoms with Gasteiger partial charge in [-0.05, 0) is 46.6 Å². The Balaban J connectivity index is 4.73. The molecule has 0 saturated heterocycles. The summed E-state index contributed by atoms with van der Waals surface area (Å²) in [5.41, 5.74) is 0.532. The van der Waals surface area contributed by atoms with E-state index in [4.69, 9.17) is 22.8 Å². The van der Waals surface area contributed by atoms with Crippen LogP contribution in [0, 0.1) is 0 Å². The fraction of sp³-hybridized carbons (Fsp3) is 0.667. The Bertz CT molecular complexity index is 605. The Kier molecular flexibility index (Phi) is 14.7. The van der Waals surface area contributed by atoms with Gasteiger partial charge in [-0.25, -0.2) is 9.59 Å². The monoisotopic (exact) mass is 459 g/mol. The van der Waals surface area contributed by atoms with Crippen molar-refractivity contribution in [3.8, 4) is 0 Å². The Labute approximate surface area is 186 Å². The molecule has 0 rings (SSSR count). The first-order chi connectivity index (χ1) is 14.6. The van der Waals surface area contributed by atoms with Crippen LogP contribution >= 0.6 is 0 Å². The van der Waals surface area contributed by atoms with Gasteiger partial charge in [0, 0.05) is 38.0 Å². The number of ether oxygens (including phenoxy) is 2. The molecular formula is C21H37NO8Si. The number of amides is 1. The van der Waals surface area contributed by atoms with E-state index in [1.807, 2.05) is 20.8 Å². The van der Waals surface area contributed by atoms with Crippen molar-refractivity contribution in [2.45, 2.75) is 59.6 Å². The number of hydrogen-bond acceptors (Lipinski definition) is 8. The topological polar surface area (TPSA) is 109 Å². The molecule has 0 radical (unpaired) electrons. The van der Waals surface area contributed by atoms with Crippen molar-refractivity contribution in [1.82, 2.24) is 5.32 Å². The van der Waals surface area contributed by atoms with Gasteiger partial charge in [-0.15, -0.1) is 0 Å². The maximum absolute atomic E-state index is 12.2. The van der Waals surface area contributed by atoms with Crippen LogP contribution in [0.4, 0.5) is 4.79 Å². The minimum atomic E-state index is -2.78. The Morgan fingerprint density at radius 1 is 0.935 bits per heavy atom. The van der Waals surface area contributed by atoms with Crippen molar-refractivity contribution in [3.63, 3.8) is 0 Å². The molecule has 0 aromatic heterocycles. The third-order valence-electron chi connectivity index (χ3n) is 3.93. The molecule has 0 heterocycles. The third-order valence-corrected chi connectivity index (χ3v) is 7.08. The van der Waals surface area contributed by atoms with Crippen LogP contribution in [0.1, 0.15) is 47.5 Å². The molecule has 9 nitrogen and oxygen atoms in total. The van der Waals surface area contributed by atoms with Crippen molar-refractivity contribution < 1.29 is 37.1 Å². The van der Waals surface area contributed by atoms with Crippen LogP contribution in [0.25, 0.3) is 0 Å². The number of carbonyl (C=O) groups is 3. The Morgan fingerprint density at radius 3 is 1.94 bits per heavy atom. The van der Waals surface area contributed by atoms with Gasteiger partial charge in [0.05, 0.1) is 6.42 Å². The molecule has 0 aromatic rings. The van der Waals surface area contributed by atoms with Gasteiger partial charge in [0.2, 0.25) is 0 Å². The van der Waals surface area contributed by atoms with E-state index in [1.54, 1.807) is 6.92 Å². The second-order valence-corrected chi connectivity index (χ2v) is 9.56. The first-order valence-corrected chi connectivity index (χ1v) is 12.4. The van der Waals surface area contributed by atoms with E-state index in [2.05, 4.69) is 18.5 Å². The fourth-order valence-electron chi connectivity index (χ4n) is 2.50. The van der Waals surface area contributed by atoms with Crippen molar-refractivity contribution >= 4 is 26.7 Å². The summed E-state index contributed by atoms with van der Waals surface area (Å²) in [4.78, 5) is 35.7. The number of allylic oxidation sites excluding steroid dienone is 1. The minimum Gasteiger partial charge on any atom is -0.458 e. The summed E-state index contributed by atoms with van der Waals surface area (Å²) < 4.78 is 27.6. The molecule has 1 amide bonds. The van der Waals surface area contributed by atoms with Gasteiger partial charge < -0.3 is 28.1 Å². The summed E-state index contributed by atoms with van der Waals surface area (Å²) in [6.45, 7) is 17.2. The molecule has 0 aliphatic heterocycles. The molecule has 0 aliphatic carbocycles. The van der Waals surface area contributed by atoms with Gasteiger partial charge in [-0.1, -0.05) is 13.2 Å². The number of nitrogens with one attached hydrogen (secondary N) is 1. The van der Waals surface area contributed by atoms with Gasteiger partial charge >= 0.3 is 20.9 Å². The van der Waals surface area contributed by atoms with Crippen molar-refractivity contribution in [1.29, 1.82) is 0 Å². The lowest BCUT2D eigenvalue weighted by molar-refractivity contribution is -0.142. The zero-order valence-electron chi connectivity index (χ0n) is 19.4. The first-order valence-electron chi connectivity index (χ1n) is 10.5. The van der Waals surface area contributed by atoms with Crippen molar-refractivity contribution in [2.24, 2.45) is 0 Å². The molecule has 0 bridgehead atoms. The number of carbonyl (C=O) groups excluding carboxylic acids is 3. The minimum absolute atomic E-state index is 0.138. The molecule has 178 valence electrons. The van der Waals surface area contributed by atoms with E-state index in [-0.39, 0.29) is 24.4 Å². The molecule has 0 saturated carbocycles. The van der Waals surface area contributed by atoms with Crippen LogP contribution in [0.5, 0.6) is 0 Å². The van der Waals surface area contributed by atoms with Crippen LogP contribution in [-0.4, -0.2) is 65.7 Å². The SMILES string of the molecule is C=C(C)C(=O)CC(COC(=O)C(=C)C)OC(=O)NCCC[Si](OCC)(OCC)OCC. The third kappa shape index (κ3) is 12.4. The van der Waals surface area contributed by atoms with Crippen molar-refractivity contribution in [2.75, 3.05) is 33.0 Å². The lowest BCUT2D eigenvalue weighted by Crippen LogP contribution is -2.46. The first kappa shape index (κ1) is 29.0. The number of alkyl carbamates (subject to hydrolysis) is 1. The van der Waals surface area contributed by atoms with Gasteiger partial charge in [-0.2, -0.15) is 0 Å². The van der Waals surface area contributed by atoms with Crippen LogP contribution in [0.2, 0.25) is 6.04 Å². The predicted molar refractivity (Wildman–Crippen MR) is 119 cm³/mol. The summed E-state index contributed by atoms with van der Waals surface area (Å²) in [6.07, 6.45) is -1.23. The maximum atomic E-state index is 12.2. The smallest absolute Gasteiger partial charge is 0.458 e. The Morgan fingerprint density at radius 2 is 1.48 bits per heavy atom. The molecular weight excluding hydrogens is 422 g/mol. The molecule has 0 aliphatic rings. The largest absolute Gasteiger partial charge is 0.500 e. The van der Waals surface area contributed by atoms with Crippen LogP contribution in [0.15, 0.2) is 24.3 Å². The summed E-state index contributed by atoms with van der Waals surface area (Å²) >= 11 is 0. The second kappa shape index (κ2) is 15.7. The zero-order valence-corrected chi connectivity index (χ0v) is 20.4. The lowest BCUT2D eigenvalue weighted by Gasteiger charge is -2.28. The lowest BCUT2D eigenvalue weighted by atomic mass is 10.1.